The third kappa shape index (κ3) is 8.20. The highest BCUT2D eigenvalue weighted by Crippen LogP contribution is 2.28. The van der Waals surface area contributed by atoms with E-state index in [9.17, 15) is 19.2 Å². The van der Waals surface area contributed by atoms with Gasteiger partial charge in [-0.1, -0.05) is 18.6 Å². The predicted octanol–water partition coefficient (Wildman–Crippen LogP) is 2.79. The van der Waals surface area contributed by atoms with E-state index in [-0.39, 0.29) is 24.7 Å². The van der Waals surface area contributed by atoms with Gasteiger partial charge in [0.2, 0.25) is 17.7 Å². The van der Waals surface area contributed by atoms with Gasteiger partial charge in [-0.3, -0.25) is 14.4 Å². The SMILES string of the molecule is COC(=O)[C@@H]1CCCCc2ccc3[nH]c4ccc(cc4c3c2)CC(NC(C)=O)C(=O)N[C@H](CCCCN)C(=O)N1.Cl. The summed E-state index contributed by atoms with van der Waals surface area (Å²) in [4.78, 5) is 54.9. The number of nitrogens with two attached hydrogens (primary N) is 1. The minimum absolute atomic E-state index is 0. The maximum atomic E-state index is 13.5. The summed E-state index contributed by atoms with van der Waals surface area (Å²) in [7, 11) is 1.29. The number of aromatic nitrogens is 1. The molecule has 2 heterocycles. The van der Waals surface area contributed by atoms with E-state index in [0.29, 0.717) is 38.6 Å². The maximum Gasteiger partial charge on any atom is 0.328 e. The van der Waals surface area contributed by atoms with Gasteiger partial charge in [-0.15, -0.1) is 12.4 Å². The van der Waals surface area contributed by atoms with Gasteiger partial charge in [-0.25, -0.2) is 4.79 Å². The number of nitrogens with one attached hydrogen (secondary N) is 4. The molecule has 0 radical (unpaired) electrons. The lowest BCUT2D eigenvalue weighted by molar-refractivity contribution is -0.145. The Labute approximate surface area is 245 Å². The molecule has 4 rings (SSSR count). The second-order valence-corrected chi connectivity index (χ2v) is 10.5. The molecule has 0 saturated carbocycles. The Bertz CT molecular complexity index is 1390. The van der Waals surface area contributed by atoms with Crippen molar-refractivity contribution in [2.45, 2.75) is 76.4 Å². The van der Waals surface area contributed by atoms with Crippen molar-refractivity contribution in [3.8, 4) is 0 Å². The Morgan fingerprint density at radius 3 is 2.32 bits per heavy atom. The van der Waals surface area contributed by atoms with Gasteiger partial charge in [0.25, 0.3) is 0 Å². The lowest BCUT2D eigenvalue weighted by atomic mass is 9.99. The quantitative estimate of drug-likeness (QED) is 0.221. The van der Waals surface area contributed by atoms with Crippen LogP contribution in [0.3, 0.4) is 0 Å². The number of esters is 1. The molecule has 0 aliphatic carbocycles. The van der Waals surface area contributed by atoms with Gasteiger partial charge < -0.3 is 31.4 Å². The first-order chi connectivity index (χ1) is 19.3. The van der Waals surface area contributed by atoms with Crippen LogP contribution in [0.4, 0.5) is 0 Å². The van der Waals surface area contributed by atoms with Gasteiger partial charge in [0.1, 0.15) is 18.1 Å². The molecule has 3 atom stereocenters. The molecule has 1 aliphatic heterocycles. The summed E-state index contributed by atoms with van der Waals surface area (Å²) in [6.07, 6.45) is 4.65. The average molecular weight is 586 g/mol. The molecule has 11 heteroatoms. The first-order valence-corrected chi connectivity index (χ1v) is 14.0. The second-order valence-electron chi connectivity index (χ2n) is 10.5. The number of aromatic amines is 1. The van der Waals surface area contributed by atoms with E-state index >= 15 is 0 Å². The minimum Gasteiger partial charge on any atom is -0.467 e. The van der Waals surface area contributed by atoms with Crippen molar-refractivity contribution in [1.29, 1.82) is 0 Å². The summed E-state index contributed by atoms with van der Waals surface area (Å²) < 4.78 is 4.96. The smallest absolute Gasteiger partial charge is 0.328 e. The summed E-state index contributed by atoms with van der Waals surface area (Å²) in [5.74, 6) is -1.82. The van der Waals surface area contributed by atoms with Crippen molar-refractivity contribution >= 4 is 57.9 Å². The van der Waals surface area contributed by atoms with Crippen LogP contribution in [-0.2, 0) is 36.8 Å². The van der Waals surface area contributed by atoms with Crippen molar-refractivity contribution < 1.29 is 23.9 Å². The van der Waals surface area contributed by atoms with E-state index in [1.807, 2.05) is 12.1 Å². The van der Waals surface area contributed by atoms with Crippen LogP contribution in [0.15, 0.2) is 36.4 Å². The van der Waals surface area contributed by atoms with Crippen LogP contribution in [0.5, 0.6) is 0 Å². The number of carbonyl (C=O) groups excluding carboxylic acids is 4. The van der Waals surface area contributed by atoms with E-state index < -0.39 is 35.9 Å². The fourth-order valence-electron chi connectivity index (χ4n) is 5.34. The molecule has 4 bridgehead atoms. The largest absolute Gasteiger partial charge is 0.467 e. The third-order valence-electron chi connectivity index (χ3n) is 7.45. The highest BCUT2D eigenvalue weighted by Gasteiger charge is 2.29. The molecular formula is C30H40ClN5O5. The number of benzene rings is 2. The summed E-state index contributed by atoms with van der Waals surface area (Å²) in [5.41, 5.74) is 9.72. The Morgan fingerprint density at radius 2 is 1.66 bits per heavy atom. The van der Waals surface area contributed by atoms with Crippen molar-refractivity contribution in [3.63, 3.8) is 0 Å². The zero-order chi connectivity index (χ0) is 28.6. The molecule has 1 aliphatic rings. The zero-order valence-electron chi connectivity index (χ0n) is 23.6. The number of hydrogen-bond acceptors (Lipinski definition) is 6. The number of H-pyrrole nitrogens is 1. The first-order valence-electron chi connectivity index (χ1n) is 14.0. The van der Waals surface area contributed by atoms with Gasteiger partial charge in [-0.05, 0) is 80.5 Å². The maximum absolute atomic E-state index is 13.5. The molecule has 2 aromatic carbocycles. The Morgan fingerprint density at radius 1 is 0.976 bits per heavy atom. The van der Waals surface area contributed by atoms with Crippen molar-refractivity contribution in [2.75, 3.05) is 13.7 Å². The molecule has 41 heavy (non-hydrogen) atoms. The molecular weight excluding hydrogens is 546 g/mol. The molecule has 6 N–H and O–H groups in total. The zero-order valence-corrected chi connectivity index (χ0v) is 24.4. The van der Waals surface area contributed by atoms with E-state index in [0.717, 1.165) is 40.2 Å². The number of fused-ring (bicyclic) bond motifs is 2. The van der Waals surface area contributed by atoms with Crippen molar-refractivity contribution in [3.05, 3.63) is 47.5 Å². The highest BCUT2D eigenvalue weighted by atomic mass is 35.5. The monoisotopic (exact) mass is 585 g/mol. The summed E-state index contributed by atoms with van der Waals surface area (Å²) in [6.45, 7) is 1.81. The molecule has 3 aromatic rings. The Kier molecular flexibility index (Phi) is 11.5. The third-order valence-corrected chi connectivity index (χ3v) is 7.45. The number of amides is 3. The van der Waals surface area contributed by atoms with Crippen LogP contribution in [0, 0.1) is 0 Å². The topological polar surface area (TPSA) is 155 Å². The molecule has 0 fully saturated rings. The normalized spacial score (nSPS) is 20.2. The molecule has 222 valence electrons. The van der Waals surface area contributed by atoms with Gasteiger partial charge >= 0.3 is 5.97 Å². The van der Waals surface area contributed by atoms with Gasteiger partial charge in [0, 0.05) is 35.2 Å². The van der Waals surface area contributed by atoms with E-state index in [4.69, 9.17) is 10.5 Å². The molecule has 3 amide bonds. The van der Waals surface area contributed by atoms with Crippen LogP contribution in [0.1, 0.15) is 56.6 Å². The number of aryl methyl sites for hydroxylation is 1. The molecule has 1 unspecified atom stereocenters. The van der Waals surface area contributed by atoms with Crippen LogP contribution < -0.4 is 21.7 Å². The van der Waals surface area contributed by atoms with Crippen molar-refractivity contribution in [1.82, 2.24) is 20.9 Å². The van der Waals surface area contributed by atoms with Gasteiger partial charge in [-0.2, -0.15) is 0 Å². The first kappa shape index (κ1) is 31.9. The highest BCUT2D eigenvalue weighted by molar-refractivity contribution is 6.07. The van der Waals surface area contributed by atoms with Crippen molar-refractivity contribution in [2.24, 2.45) is 5.73 Å². The second kappa shape index (κ2) is 14.8. The number of methoxy groups -OCH3 is 1. The molecule has 10 nitrogen and oxygen atoms in total. The Balaban J connectivity index is 0.00000462. The lowest BCUT2D eigenvalue weighted by Gasteiger charge is -2.25. The average Bonchev–Trinajstić information content (AvgIpc) is 3.29. The van der Waals surface area contributed by atoms with Crippen LogP contribution in [0.25, 0.3) is 21.8 Å². The number of halogens is 1. The van der Waals surface area contributed by atoms with Crippen LogP contribution >= 0.6 is 12.4 Å². The number of ether oxygens (including phenoxy) is 1. The van der Waals surface area contributed by atoms with Gasteiger partial charge in [0.15, 0.2) is 0 Å². The minimum atomic E-state index is -0.895. The van der Waals surface area contributed by atoms with Crippen LogP contribution in [-0.4, -0.2) is 60.5 Å². The fourth-order valence-corrected chi connectivity index (χ4v) is 5.34. The van der Waals surface area contributed by atoms with Crippen LogP contribution in [0.2, 0.25) is 0 Å². The summed E-state index contributed by atoms with van der Waals surface area (Å²) in [6, 6.07) is 9.69. The number of carbonyl (C=O) groups is 4. The number of rotatable bonds is 6. The Hall–Kier alpha value is -3.63. The lowest BCUT2D eigenvalue weighted by Crippen LogP contribution is -2.56. The molecule has 0 saturated heterocycles. The van der Waals surface area contributed by atoms with Gasteiger partial charge in [0.05, 0.1) is 7.11 Å². The number of unbranched alkanes of at least 4 members (excludes halogenated alkanes) is 1. The fraction of sp³-hybridized carbons (Fsp3) is 0.467. The van der Waals surface area contributed by atoms with E-state index in [1.54, 1.807) is 0 Å². The summed E-state index contributed by atoms with van der Waals surface area (Å²) >= 11 is 0. The van der Waals surface area contributed by atoms with E-state index in [2.05, 4.69) is 45.2 Å². The van der Waals surface area contributed by atoms with E-state index in [1.165, 1.54) is 19.6 Å². The molecule has 1 aromatic heterocycles. The standard InChI is InChI=1S/C30H39N5O5.ClH/c1-18(36)32-27-17-20-11-13-24-22(16-20)21-15-19(10-12-23(21)33-24)7-3-4-9-26(30(39)40-2)35-28(37)25(34-29(27)38)8-5-6-14-31;/h10-13,15-16,25-27,33H,3-9,14,17,31H2,1-2H3,(H,32,36)(H,34,38)(H,35,37);1H/t25-,26+,27?;/m1./s1. The summed E-state index contributed by atoms with van der Waals surface area (Å²) in [5, 5.41) is 10.5. The predicted molar refractivity (Wildman–Crippen MR) is 161 cm³/mol. The molecule has 0 spiro atoms. The number of hydrogen-bond donors (Lipinski definition) is 5.